The Morgan fingerprint density at radius 1 is 1.40 bits per heavy atom. The molecular formula is C10H10F2O7S. The number of halogens is 2. The standard InChI is InChI=1S/C10H10F2O7S/c11-10(12,20(15,16)17)9(14)19-6-3-1-4-5(2-3)8(13)18-7(4)6/h3-7H,1-2H2,(H,15,16,17)/t3-,4?,5?,6?,7?/m0/s1. The van der Waals surface area contributed by atoms with Gasteiger partial charge in [0.2, 0.25) is 0 Å². The Morgan fingerprint density at radius 3 is 2.65 bits per heavy atom. The zero-order valence-corrected chi connectivity index (χ0v) is 10.7. The molecule has 4 unspecified atom stereocenters. The van der Waals surface area contributed by atoms with Gasteiger partial charge in [0.25, 0.3) is 0 Å². The lowest BCUT2D eigenvalue weighted by Gasteiger charge is -2.26. The molecule has 0 radical (unpaired) electrons. The summed E-state index contributed by atoms with van der Waals surface area (Å²) in [6, 6.07) is 0. The molecule has 2 saturated carbocycles. The van der Waals surface area contributed by atoms with E-state index >= 15 is 0 Å². The maximum Gasteiger partial charge on any atom is 0.465 e. The van der Waals surface area contributed by atoms with E-state index in [1.54, 1.807) is 0 Å². The maximum atomic E-state index is 13.1. The zero-order chi connectivity index (χ0) is 14.9. The molecule has 1 heterocycles. The molecule has 5 atom stereocenters. The average molecular weight is 312 g/mol. The summed E-state index contributed by atoms with van der Waals surface area (Å²) >= 11 is 0. The van der Waals surface area contributed by atoms with Crippen molar-refractivity contribution < 1.29 is 40.8 Å². The molecule has 0 spiro atoms. The number of fused-ring (bicyclic) bond motifs is 1. The molecule has 3 rings (SSSR count). The Kier molecular flexibility index (Phi) is 2.65. The van der Waals surface area contributed by atoms with Crippen molar-refractivity contribution in [1.82, 2.24) is 0 Å². The highest BCUT2D eigenvalue weighted by Gasteiger charge is 2.65. The number of alkyl halides is 2. The summed E-state index contributed by atoms with van der Waals surface area (Å²) < 4.78 is 65.0. The number of ether oxygens (including phenoxy) is 2. The summed E-state index contributed by atoms with van der Waals surface area (Å²) in [6.45, 7) is 0. The number of carbonyl (C=O) groups is 2. The number of hydrogen-bond donors (Lipinski definition) is 1. The van der Waals surface area contributed by atoms with Gasteiger partial charge in [0.15, 0.2) is 0 Å². The third-order valence-corrected chi connectivity index (χ3v) is 5.03. The molecule has 1 aliphatic heterocycles. The number of rotatable bonds is 3. The fourth-order valence-electron chi connectivity index (χ4n) is 3.36. The second-order valence-corrected chi connectivity index (χ2v) is 6.73. The van der Waals surface area contributed by atoms with Crippen LogP contribution in [0.3, 0.4) is 0 Å². The summed E-state index contributed by atoms with van der Waals surface area (Å²) in [5.41, 5.74) is 0. The number of hydrogen-bond acceptors (Lipinski definition) is 6. The monoisotopic (exact) mass is 312 g/mol. The van der Waals surface area contributed by atoms with E-state index in [4.69, 9.17) is 9.29 Å². The molecule has 1 saturated heterocycles. The van der Waals surface area contributed by atoms with Crippen LogP contribution in [0.25, 0.3) is 0 Å². The lowest BCUT2D eigenvalue weighted by atomic mass is 9.88. The smallest absolute Gasteiger partial charge is 0.458 e. The molecule has 20 heavy (non-hydrogen) atoms. The van der Waals surface area contributed by atoms with E-state index in [9.17, 15) is 26.8 Å². The predicted octanol–water partition coefficient (Wildman–Crippen LogP) is -0.0398. The normalized spacial score (nSPS) is 39.0. The first kappa shape index (κ1) is 13.7. The Bertz CT molecular complexity index is 586. The lowest BCUT2D eigenvalue weighted by molar-refractivity contribution is -0.176. The van der Waals surface area contributed by atoms with Crippen molar-refractivity contribution in [1.29, 1.82) is 0 Å². The van der Waals surface area contributed by atoms with Gasteiger partial charge in [0.05, 0.1) is 5.92 Å². The van der Waals surface area contributed by atoms with Gasteiger partial charge in [-0.15, -0.1) is 0 Å². The van der Waals surface area contributed by atoms with Crippen LogP contribution in [0.15, 0.2) is 0 Å². The predicted molar refractivity (Wildman–Crippen MR) is 56.0 cm³/mol. The molecule has 2 bridgehead atoms. The molecule has 0 aromatic rings. The molecule has 112 valence electrons. The highest BCUT2D eigenvalue weighted by Crippen LogP contribution is 2.55. The molecule has 10 heteroatoms. The third-order valence-electron chi connectivity index (χ3n) is 4.22. The summed E-state index contributed by atoms with van der Waals surface area (Å²) in [7, 11) is -5.90. The molecule has 1 N–H and O–H groups in total. The van der Waals surface area contributed by atoms with Crippen molar-refractivity contribution in [3.8, 4) is 0 Å². The van der Waals surface area contributed by atoms with Crippen LogP contribution in [0.1, 0.15) is 12.8 Å². The van der Waals surface area contributed by atoms with Gasteiger partial charge in [0, 0.05) is 11.8 Å². The second-order valence-electron chi connectivity index (χ2n) is 5.27. The van der Waals surface area contributed by atoms with E-state index in [-0.39, 0.29) is 17.8 Å². The minimum absolute atomic E-state index is 0.176. The topological polar surface area (TPSA) is 107 Å². The summed E-state index contributed by atoms with van der Waals surface area (Å²) in [5, 5.41) is -5.03. The van der Waals surface area contributed by atoms with E-state index in [0.717, 1.165) is 0 Å². The van der Waals surface area contributed by atoms with Gasteiger partial charge in [-0.2, -0.15) is 17.2 Å². The van der Waals surface area contributed by atoms with Gasteiger partial charge < -0.3 is 9.47 Å². The Morgan fingerprint density at radius 2 is 2.05 bits per heavy atom. The van der Waals surface area contributed by atoms with Crippen molar-refractivity contribution in [2.75, 3.05) is 0 Å². The van der Waals surface area contributed by atoms with Gasteiger partial charge >= 0.3 is 27.3 Å². The van der Waals surface area contributed by atoms with Gasteiger partial charge in [-0.1, -0.05) is 0 Å². The van der Waals surface area contributed by atoms with E-state index in [0.29, 0.717) is 12.8 Å². The third kappa shape index (κ3) is 1.67. The highest BCUT2D eigenvalue weighted by atomic mass is 32.2. The molecule has 0 amide bonds. The van der Waals surface area contributed by atoms with Crippen LogP contribution in [0.2, 0.25) is 0 Å². The average Bonchev–Trinajstić information content (AvgIpc) is 2.91. The van der Waals surface area contributed by atoms with Crippen LogP contribution in [-0.4, -0.2) is 42.4 Å². The molecule has 0 aromatic heterocycles. The van der Waals surface area contributed by atoms with Crippen molar-refractivity contribution >= 4 is 22.1 Å². The first-order valence-corrected chi connectivity index (χ1v) is 7.33. The lowest BCUT2D eigenvalue weighted by Crippen LogP contribution is -2.44. The van der Waals surface area contributed by atoms with E-state index in [2.05, 4.69) is 4.74 Å². The van der Waals surface area contributed by atoms with Gasteiger partial charge in [-0.3, -0.25) is 9.35 Å². The molecule has 3 fully saturated rings. The highest BCUT2D eigenvalue weighted by molar-refractivity contribution is 7.87. The van der Waals surface area contributed by atoms with Gasteiger partial charge in [-0.05, 0) is 12.8 Å². The fraction of sp³-hybridized carbons (Fsp3) is 0.800. The van der Waals surface area contributed by atoms with Crippen LogP contribution in [0.4, 0.5) is 8.78 Å². The van der Waals surface area contributed by atoms with Crippen LogP contribution >= 0.6 is 0 Å². The Balaban J connectivity index is 1.77. The summed E-state index contributed by atoms with van der Waals surface area (Å²) in [6.07, 6.45) is -0.999. The van der Waals surface area contributed by atoms with Crippen molar-refractivity contribution in [3.63, 3.8) is 0 Å². The largest absolute Gasteiger partial charge is 0.465 e. The van der Waals surface area contributed by atoms with E-state index in [1.165, 1.54) is 0 Å². The molecule has 0 aromatic carbocycles. The second kappa shape index (κ2) is 3.88. The van der Waals surface area contributed by atoms with Crippen LogP contribution in [0.5, 0.6) is 0 Å². The van der Waals surface area contributed by atoms with Crippen molar-refractivity contribution in [2.24, 2.45) is 17.8 Å². The number of carbonyl (C=O) groups excluding carboxylic acids is 2. The van der Waals surface area contributed by atoms with Crippen LogP contribution in [-0.2, 0) is 29.2 Å². The molecule has 3 aliphatic rings. The minimum atomic E-state index is -5.90. The summed E-state index contributed by atoms with van der Waals surface area (Å²) in [4.78, 5) is 22.7. The first-order valence-electron chi connectivity index (χ1n) is 5.89. The first-order chi connectivity index (χ1) is 9.13. The van der Waals surface area contributed by atoms with Crippen molar-refractivity contribution in [2.45, 2.75) is 30.3 Å². The molecule has 2 aliphatic carbocycles. The van der Waals surface area contributed by atoms with E-state index < -0.39 is 39.5 Å². The Labute approximate surface area is 112 Å². The maximum absolute atomic E-state index is 13.1. The van der Waals surface area contributed by atoms with E-state index in [1.807, 2.05) is 0 Å². The SMILES string of the molecule is O=C1OC2C3C[C@@H](CC13)C2OC(=O)C(F)(F)S(=O)(=O)O. The molecule has 7 nitrogen and oxygen atoms in total. The van der Waals surface area contributed by atoms with Gasteiger partial charge in [0.1, 0.15) is 12.2 Å². The van der Waals surface area contributed by atoms with Crippen molar-refractivity contribution in [3.05, 3.63) is 0 Å². The summed E-state index contributed by atoms with van der Waals surface area (Å²) in [5.74, 6) is -3.56. The van der Waals surface area contributed by atoms with Gasteiger partial charge in [-0.25, -0.2) is 4.79 Å². The molecular weight excluding hydrogens is 302 g/mol. The van der Waals surface area contributed by atoms with Crippen LogP contribution < -0.4 is 0 Å². The van der Waals surface area contributed by atoms with Crippen LogP contribution in [0, 0.1) is 17.8 Å². The Hall–Kier alpha value is -1.29. The minimum Gasteiger partial charge on any atom is -0.458 e. The quantitative estimate of drug-likeness (QED) is 0.575. The number of esters is 2. The zero-order valence-electron chi connectivity index (χ0n) is 9.86. The fourth-order valence-corrected chi connectivity index (χ4v) is 3.62.